The molecule has 3 aromatic rings. The van der Waals surface area contributed by atoms with Crippen LogP contribution >= 0.6 is 0 Å². The van der Waals surface area contributed by atoms with Gasteiger partial charge in [-0.3, -0.25) is 18.8 Å². The highest BCUT2D eigenvalue weighted by Gasteiger charge is 2.29. The van der Waals surface area contributed by atoms with Crippen LogP contribution in [0.4, 0.5) is 4.39 Å². The van der Waals surface area contributed by atoms with Gasteiger partial charge in [0.2, 0.25) is 5.91 Å². The Hall–Kier alpha value is -3.55. The van der Waals surface area contributed by atoms with Crippen LogP contribution in [-0.4, -0.2) is 50.6 Å². The summed E-state index contributed by atoms with van der Waals surface area (Å²) >= 11 is 0. The average molecular weight is 380 g/mol. The molecule has 0 N–H and O–H groups in total. The van der Waals surface area contributed by atoms with Crippen LogP contribution in [0.1, 0.15) is 15.9 Å². The molecule has 2 aromatic heterocycles. The molecule has 4 rings (SSSR count). The van der Waals surface area contributed by atoms with E-state index in [0.717, 1.165) is 0 Å². The highest BCUT2D eigenvalue weighted by molar-refractivity contribution is 5.96. The van der Waals surface area contributed by atoms with Crippen LogP contribution in [0.5, 0.6) is 0 Å². The number of rotatable bonds is 3. The molecule has 1 aliphatic rings. The van der Waals surface area contributed by atoms with Gasteiger partial charge < -0.3 is 9.80 Å². The number of fused-ring (bicyclic) bond motifs is 1. The van der Waals surface area contributed by atoms with E-state index in [2.05, 4.69) is 4.98 Å². The number of benzene rings is 1. The Morgan fingerprint density at radius 3 is 2.64 bits per heavy atom. The molecule has 1 aliphatic heterocycles. The summed E-state index contributed by atoms with van der Waals surface area (Å²) in [7, 11) is 0. The highest BCUT2D eigenvalue weighted by atomic mass is 19.1. The Balaban J connectivity index is 1.51. The number of hydrogen-bond donors (Lipinski definition) is 0. The van der Waals surface area contributed by atoms with Crippen LogP contribution in [0.15, 0.2) is 59.7 Å². The van der Waals surface area contributed by atoms with Crippen molar-refractivity contribution >= 4 is 17.5 Å². The lowest BCUT2D eigenvalue weighted by molar-refractivity contribution is -0.135. The lowest BCUT2D eigenvalue weighted by Crippen LogP contribution is -2.52. The third kappa shape index (κ3) is 3.24. The van der Waals surface area contributed by atoms with Gasteiger partial charge in [0.1, 0.15) is 23.6 Å². The van der Waals surface area contributed by atoms with Crippen LogP contribution in [0.3, 0.4) is 0 Å². The second-order valence-corrected chi connectivity index (χ2v) is 6.54. The minimum atomic E-state index is -0.533. The minimum absolute atomic E-state index is 0.0842. The van der Waals surface area contributed by atoms with Crippen LogP contribution in [0.25, 0.3) is 5.65 Å². The first kappa shape index (κ1) is 17.8. The standard InChI is InChI=1S/C20H17FN4O3/c21-16-6-2-1-5-14(16)12-23-9-10-24(13-18(23)26)19(27)15-11-22-17-7-3-4-8-25(17)20(15)28/h1-8,11H,9-10,12-13H2. The number of amides is 2. The highest BCUT2D eigenvalue weighted by Crippen LogP contribution is 2.14. The van der Waals surface area contributed by atoms with Gasteiger partial charge in [0.25, 0.3) is 11.5 Å². The normalized spacial score (nSPS) is 14.5. The van der Waals surface area contributed by atoms with Gasteiger partial charge in [0.05, 0.1) is 0 Å². The van der Waals surface area contributed by atoms with E-state index >= 15 is 0 Å². The molecule has 1 saturated heterocycles. The van der Waals surface area contributed by atoms with Crippen molar-refractivity contribution < 1.29 is 14.0 Å². The van der Waals surface area contributed by atoms with Gasteiger partial charge in [-0.25, -0.2) is 9.37 Å². The molecule has 8 heteroatoms. The van der Waals surface area contributed by atoms with E-state index in [-0.39, 0.29) is 43.5 Å². The van der Waals surface area contributed by atoms with Crippen molar-refractivity contribution in [2.75, 3.05) is 19.6 Å². The summed E-state index contributed by atoms with van der Waals surface area (Å²) in [6, 6.07) is 11.4. The maximum atomic E-state index is 13.8. The number of hydrogen-bond acceptors (Lipinski definition) is 4. The molecule has 0 aliphatic carbocycles. The fraction of sp³-hybridized carbons (Fsp3) is 0.200. The summed E-state index contributed by atoms with van der Waals surface area (Å²) in [6.45, 7) is 0.509. The Labute approximate surface area is 159 Å². The Morgan fingerprint density at radius 1 is 1.07 bits per heavy atom. The molecule has 0 atom stereocenters. The fourth-order valence-corrected chi connectivity index (χ4v) is 3.23. The van der Waals surface area contributed by atoms with E-state index in [1.807, 2.05) is 0 Å². The second-order valence-electron chi connectivity index (χ2n) is 6.54. The van der Waals surface area contributed by atoms with E-state index in [4.69, 9.17) is 0 Å². The Bertz CT molecular complexity index is 1130. The third-order valence-corrected chi connectivity index (χ3v) is 4.77. The van der Waals surface area contributed by atoms with E-state index < -0.39 is 11.5 Å². The maximum Gasteiger partial charge on any atom is 0.270 e. The number of pyridine rings is 1. The summed E-state index contributed by atoms with van der Waals surface area (Å²) < 4.78 is 15.1. The van der Waals surface area contributed by atoms with Crippen LogP contribution in [0.2, 0.25) is 0 Å². The first-order valence-electron chi connectivity index (χ1n) is 8.81. The zero-order valence-corrected chi connectivity index (χ0v) is 14.9. The van der Waals surface area contributed by atoms with Crippen molar-refractivity contribution in [2.45, 2.75) is 6.54 Å². The summed E-state index contributed by atoms with van der Waals surface area (Å²) in [6.07, 6.45) is 2.79. The summed E-state index contributed by atoms with van der Waals surface area (Å²) in [5.41, 5.74) is 0.304. The van der Waals surface area contributed by atoms with Gasteiger partial charge in [0.15, 0.2) is 0 Å². The lowest BCUT2D eigenvalue weighted by Gasteiger charge is -2.34. The Kier molecular flexibility index (Phi) is 4.60. The lowest BCUT2D eigenvalue weighted by atomic mass is 10.1. The zero-order valence-electron chi connectivity index (χ0n) is 14.9. The SMILES string of the molecule is O=C1CN(C(=O)c2cnc3ccccn3c2=O)CCN1Cc1ccccc1F. The minimum Gasteiger partial charge on any atom is -0.335 e. The molecule has 1 fully saturated rings. The van der Waals surface area contributed by atoms with E-state index in [1.165, 1.54) is 26.5 Å². The van der Waals surface area contributed by atoms with E-state index in [9.17, 15) is 18.8 Å². The van der Waals surface area contributed by atoms with Crippen LogP contribution in [-0.2, 0) is 11.3 Å². The van der Waals surface area contributed by atoms with E-state index in [0.29, 0.717) is 11.2 Å². The van der Waals surface area contributed by atoms with Crippen LogP contribution < -0.4 is 5.56 Å². The van der Waals surface area contributed by atoms with Gasteiger partial charge >= 0.3 is 0 Å². The fourth-order valence-electron chi connectivity index (χ4n) is 3.23. The number of piperazine rings is 1. The molecule has 1 aromatic carbocycles. The maximum absolute atomic E-state index is 13.8. The predicted octanol–water partition coefficient (Wildman–Crippen LogP) is 1.32. The monoisotopic (exact) mass is 380 g/mol. The topological polar surface area (TPSA) is 75.0 Å². The molecular formula is C20H17FN4O3. The second kappa shape index (κ2) is 7.22. The molecule has 0 unspecified atom stereocenters. The smallest absolute Gasteiger partial charge is 0.270 e. The van der Waals surface area contributed by atoms with Gasteiger partial charge in [-0.05, 0) is 18.2 Å². The van der Waals surface area contributed by atoms with Crippen molar-refractivity contribution in [3.05, 3.63) is 82.2 Å². The number of carbonyl (C=O) groups is 2. The number of nitrogens with zero attached hydrogens (tertiary/aromatic N) is 4. The molecule has 0 saturated carbocycles. The molecule has 142 valence electrons. The summed E-state index contributed by atoms with van der Waals surface area (Å²) in [4.78, 5) is 44.8. The molecule has 2 amide bonds. The molecule has 3 heterocycles. The van der Waals surface area contributed by atoms with Crippen molar-refractivity contribution in [1.82, 2.24) is 19.2 Å². The quantitative estimate of drug-likeness (QED) is 0.687. The van der Waals surface area contributed by atoms with Crippen molar-refractivity contribution in [1.29, 1.82) is 0 Å². The third-order valence-electron chi connectivity index (χ3n) is 4.77. The first-order chi connectivity index (χ1) is 13.5. The van der Waals surface area contributed by atoms with Gasteiger partial charge in [0, 0.05) is 37.6 Å². The van der Waals surface area contributed by atoms with Gasteiger partial charge in [-0.1, -0.05) is 24.3 Å². The number of halogens is 1. The van der Waals surface area contributed by atoms with Gasteiger partial charge in [-0.2, -0.15) is 0 Å². The molecule has 0 radical (unpaired) electrons. The zero-order chi connectivity index (χ0) is 19.7. The van der Waals surface area contributed by atoms with Crippen molar-refractivity contribution in [2.24, 2.45) is 0 Å². The van der Waals surface area contributed by atoms with Crippen molar-refractivity contribution in [3.8, 4) is 0 Å². The van der Waals surface area contributed by atoms with Crippen molar-refractivity contribution in [3.63, 3.8) is 0 Å². The molecule has 28 heavy (non-hydrogen) atoms. The van der Waals surface area contributed by atoms with Gasteiger partial charge in [-0.15, -0.1) is 0 Å². The molecular weight excluding hydrogens is 363 g/mol. The number of aromatic nitrogens is 2. The molecule has 0 spiro atoms. The van der Waals surface area contributed by atoms with Crippen LogP contribution in [0, 0.1) is 5.82 Å². The summed E-state index contributed by atoms with van der Waals surface area (Å²) in [5.74, 6) is -1.20. The van der Waals surface area contributed by atoms with E-state index in [1.54, 1.807) is 42.6 Å². The Morgan fingerprint density at radius 2 is 1.86 bits per heavy atom. The molecule has 0 bridgehead atoms. The summed E-state index contributed by atoms with van der Waals surface area (Å²) in [5, 5.41) is 0. The predicted molar refractivity (Wildman–Crippen MR) is 99.2 cm³/mol. The molecule has 7 nitrogen and oxygen atoms in total. The average Bonchev–Trinajstić information content (AvgIpc) is 2.71. The number of carbonyl (C=O) groups excluding carboxylic acids is 2. The largest absolute Gasteiger partial charge is 0.335 e. The first-order valence-corrected chi connectivity index (χ1v) is 8.81.